The molecule has 0 amide bonds. The largest absolute Gasteiger partial charge is 0.480 e. The summed E-state index contributed by atoms with van der Waals surface area (Å²) in [5.74, 6) is -0.601. The minimum absolute atomic E-state index is 0.188. The highest BCUT2D eigenvalue weighted by atomic mass is 16.5. The van der Waals surface area contributed by atoms with Gasteiger partial charge in [-0.15, -0.1) is 0 Å². The van der Waals surface area contributed by atoms with Crippen LogP contribution in [0.3, 0.4) is 0 Å². The van der Waals surface area contributed by atoms with Gasteiger partial charge in [-0.1, -0.05) is 48.5 Å². The zero-order chi connectivity index (χ0) is 24.1. The quantitative estimate of drug-likeness (QED) is 0.497. The molecule has 1 aliphatic heterocycles. The molecular weight excluding hydrogens is 434 g/mol. The monoisotopic (exact) mass is 463 g/mol. The van der Waals surface area contributed by atoms with Crippen LogP contribution in [0.15, 0.2) is 54.7 Å². The molecule has 2 aromatic carbocycles. The van der Waals surface area contributed by atoms with Gasteiger partial charge in [-0.05, 0) is 36.1 Å². The maximum atomic E-state index is 11.5. The van der Waals surface area contributed by atoms with E-state index in [0.717, 1.165) is 22.3 Å². The van der Waals surface area contributed by atoms with Crippen molar-refractivity contribution in [2.24, 2.45) is 0 Å². The first-order valence-corrected chi connectivity index (χ1v) is 11.4. The molecular formula is C26H29N3O5. The average Bonchev–Trinajstić information content (AvgIpc) is 3.21. The number of rotatable bonds is 9. The Bertz CT molecular complexity index is 1140. The standard InChI is InChI=1S/C26H29N3O5/c1-3-33-24-20(14-29-15-21(30)12-23(29)25(31)32)13-27-26(28-24)34-16-19-10-7-11-22(17(19)2)18-8-5-4-6-9-18/h4-11,13,21,23,30H,3,12,14-16H2,1-2H3,(H,31,32)/t21-,23+/m1/s1. The molecule has 0 bridgehead atoms. The van der Waals surface area contributed by atoms with Crippen molar-refractivity contribution in [2.45, 2.75) is 45.6 Å². The fourth-order valence-electron chi connectivity index (χ4n) is 4.26. The molecule has 2 atom stereocenters. The number of carbonyl (C=O) groups is 1. The van der Waals surface area contributed by atoms with Crippen LogP contribution >= 0.6 is 0 Å². The van der Waals surface area contributed by atoms with E-state index in [1.54, 1.807) is 11.1 Å². The third kappa shape index (κ3) is 5.35. The van der Waals surface area contributed by atoms with E-state index in [1.165, 1.54) is 0 Å². The molecule has 1 fully saturated rings. The number of aromatic nitrogens is 2. The van der Waals surface area contributed by atoms with Gasteiger partial charge in [-0.2, -0.15) is 4.98 Å². The zero-order valence-electron chi connectivity index (χ0n) is 19.3. The third-order valence-corrected chi connectivity index (χ3v) is 6.01. The first kappa shape index (κ1) is 23.7. The summed E-state index contributed by atoms with van der Waals surface area (Å²) < 4.78 is 11.6. The number of ether oxygens (including phenoxy) is 2. The Labute approximate surface area is 198 Å². The van der Waals surface area contributed by atoms with Crippen LogP contribution in [0.2, 0.25) is 0 Å². The van der Waals surface area contributed by atoms with E-state index in [9.17, 15) is 15.0 Å². The number of hydrogen-bond donors (Lipinski definition) is 2. The van der Waals surface area contributed by atoms with Crippen molar-refractivity contribution in [2.75, 3.05) is 13.2 Å². The average molecular weight is 464 g/mol. The van der Waals surface area contributed by atoms with Crippen molar-refractivity contribution >= 4 is 5.97 Å². The van der Waals surface area contributed by atoms with Gasteiger partial charge in [0, 0.05) is 31.3 Å². The summed E-state index contributed by atoms with van der Waals surface area (Å²) >= 11 is 0. The van der Waals surface area contributed by atoms with Gasteiger partial charge in [0.2, 0.25) is 5.88 Å². The molecule has 8 nitrogen and oxygen atoms in total. The molecule has 3 aromatic rings. The molecule has 8 heteroatoms. The fraction of sp³-hybridized carbons (Fsp3) is 0.346. The number of nitrogens with zero attached hydrogens (tertiary/aromatic N) is 3. The highest BCUT2D eigenvalue weighted by Gasteiger charge is 2.36. The number of benzene rings is 2. The topological polar surface area (TPSA) is 105 Å². The molecule has 0 unspecified atom stereocenters. The number of carboxylic acid groups (broad SMARTS) is 1. The van der Waals surface area contributed by atoms with Gasteiger partial charge in [0.1, 0.15) is 12.6 Å². The van der Waals surface area contributed by atoms with Crippen molar-refractivity contribution in [1.29, 1.82) is 0 Å². The van der Waals surface area contributed by atoms with E-state index < -0.39 is 18.1 Å². The highest BCUT2D eigenvalue weighted by molar-refractivity contribution is 5.74. The molecule has 1 aliphatic rings. The summed E-state index contributed by atoms with van der Waals surface area (Å²) in [5, 5.41) is 19.4. The Morgan fingerprint density at radius 1 is 1.12 bits per heavy atom. The Kier molecular flexibility index (Phi) is 7.40. The maximum Gasteiger partial charge on any atom is 0.321 e. The van der Waals surface area contributed by atoms with Crippen LogP contribution < -0.4 is 9.47 Å². The minimum atomic E-state index is -0.955. The summed E-state index contributed by atoms with van der Waals surface area (Å²) in [7, 11) is 0. The number of β-amino-alcohol motifs (C(OH)–C–C–N with tert-alkyl or cyclic N) is 1. The number of aliphatic hydroxyl groups excluding tert-OH is 1. The molecule has 2 heterocycles. The molecule has 4 rings (SSSR count). The second-order valence-electron chi connectivity index (χ2n) is 8.33. The molecule has 1 aromatic heterocycles. The lowest BCUT2D eigenvalue weighted by Crippen LogP contribution is -2.35. The summed E-state index contributed by atoms with van der Waals surface area (Å²) in [6.45, 7) is 5.16. The summed E-state index contributed by atoms with van der Waals surface area (Å²) in [5.41, 5.74) is 5.10. The number of carboxylic acids is 1. The van der Waals surface area contributed by atoms with E-state index >= 15 is 0 Å². The van der Waals surface area contributed by atoms with Crippen LogP contribution in [0.25, 0.3) is 11.1 Å². The number of aliphatic hydroxyl groups is 1. The zero-order valence-corrected chi connectivity index (χ0v) is 19.3. The van der Waals surface area contributed by atoms with Gasteiger partial charge in [0.05, 0.1) is 12.7 Å². The second kappa shape index (κ2) is 10.6. The van der Waals surface area contributed by atoms with Crippen molar-refractivity contribution in [1.82, 2.24) is 14.9 Å². The van der Waals surface area contributed by atoms with Crippen LogP contribution in [-0.2, 0) is 17.9 Å². The van der Waals surface area contributed by atoms with Crippen molar-refractivity contribution in [3.8, 4) is 23.0 Å². The molecule has 178 valence electrons. The normalized spacial score (nSPS) is 18.1. The Morgan fingerprint density at radius 3 is 2.65 bits per heavy atom. The minimum Gasteiger partial charge on any atom is -0.480 e. The summed E-state index contributed by atoms with van der Waals surface area (Å²) in [4.78, 5) is 22.0. The Balaban J connectivity index is 1.50. The highest BCUT2D eigenvalue weighted by Crippen LogP contribution is 2.28. The summed E-state index contributed by atoms with van der Waals surface area (Å²) in [6, 6.07) is 15.7. The fourth-order valence-corrected chi connectivity index (χ4v) is 4.26. The third-order valence-electron chi connectivity index (χ3n) is 6.01. The van der Waals surface area contributed by atoms with E-state index in [0.29, 0.717) is 24.7 Å². The Hall–Kier alpha value is -3.49. The smallest absolute Gasteiger partial charge is 0.321 e. The molecule has 2 N–H and O–H groups in total. The predicted molar refractivity (Wildman–Crippen MR) is 127 cm³/mol. The SMILES string of the molecule is CCOc1nc(OCc2cccc(-c3ccccc3)c2C)ncc1CN1C[C@H](O)C[C@H]1C(=O)O. The lowest BCUT2D eigenvalue weighted by Gasteiger charge is -2.21. The van der Waals surface area contributed by atoms with Gasteiger partial charge < -0.3 is 19.7 Å². The number of likely N-dealkylation sites (tertiary alicyclic amines) is 1. The van der Waals surface area contributed by atoms with Crippen LogP contribution in [-0.4, -0.2) is 56.3 Å². The van der Waals surface area contributed by atoms with Crippen LogP contribution in [0.4, 0.5) is 0 Å². The van der Waals surface area contributed by atoms with E-state index in [4.69, 9.17) is 9.47 Å². The molecule has 0 spiro atoms. The van der Waals surface area contributed by atoms with E-state index in [-0.39, 0.29) is 25.5 Å². The number of hydrogen-bond acceptors (Lipinski definition) is 7. The van der Waals surface area contributed by atoms with Gasteiger partial charge in [-0.25, -0.2) is 4.98 Å². The van der Waals surface area contributed by atoms with Gasteiger partial charge in [0.25, 0.3) is 0 Å². The first-order chi connectivity index (χ1) is 16.5. The van der Waals surface area contributed by atoms with Gasteiger partial charge in [0.15, 0.2) is 0 Å². The predicted octanol–water partition coefficient (Wildman–Crippen LogP) is 3.45. The van der Waals surface area contributed by atoms with Crippen molar-refractivity contribution < 1.29 is 24.5 Å². The van der Waals surface area contributed by atoms with E-state index in [2.05, 4.69) is 35.1 Å². The van der Waals surface area contributed by atoms with Crippen molar-refractivity contribution in [3.05, 3.63) is 71.4 Å². The lowest BCUT2D eigenvalue weighted by molar-refractivity contribution is -0.142. The van der Waals surface area contributed by atoms with E-state index in [1.807, 2.05) is 37.3 Å². The molecule has 1 saturated heterocycles. The molecule has 0 radical (unpaired) electrons. The van der Waals surface area contributed by atoms with Crippen LogP contribution in [0.5, 0.6) is 11.9 Å². The van der Waals surface area contributed by atoms with Crippen LogP contribution in [0, 0.1) is 6.92 Å². The Morgan fingerprint density at radius 2 is 1.91 bits per heavy atom. The maximum absolute atomic E-state index is 11.5. The molecule has 0 aliphatic carbocycles. The number of aliphatic carboxylic acids is 1. The summed E-state index contributed by atoms with van der Waals surface area (Å²) in [6.07, 6.45) is 1.13. The first-order valence-electron chi connectivity index (χ1n) is 11.4. The lowest BCUT2D eigenvalue weighted by atomic mass is 9.97. The van der Waals surface area contributed by atoms with Crippen LogP contribution in [0.1, 0.15) is 30.0 Å². The van der Waals surface area contributed by atoms with Gasteiger partial charge in [-0.3, -0.25) is 9.69 Å². The van der Waals surface area contributed by atoms with Gasteiger partial charge >= 0.3 is 12.0 Å². The van der Waals surface area contributed by atoms with Crippen molar-refractivity contribution in [3.63, 3.8) is 0 Å². The second-order valence-corrected chi connectivity index (χ2v) is 8.33. The molecule has 34 heavy (non-hydrogen) atoms. The molecule has 0 saturated carbocycles.